The van der Waals surface area contributed by atoms with Crippen LogP contribution >= 0.6 is 11.6 Å². The first-order valence-corrected chi connectivity index (χ1v) is 3.88. The van der Waals surface area contributed by atoms with Crippen molar-refractivity contribution >= 4 is 11.6 Å². The summed E-state index contributed by atoms with van der Waals surface area (Å²) < 4.78 is 5.30. The topological polar surface area (TPSA) is 35.0 Å². The summed E-state index contributed by atoms with van der Waals surface area (Å²) in [6.45, 7) is 0.722. The van der Waals surface area contributed by atoms with Gasteiger partial charge in [0.1, 0.15) is 6.33 Å². The van der Waals surface area contributed by atoms with Crippen LogP contribution in [0.4, 0.5) is 0 Å². The minimum atomic E-state index is 0.426. The molecule has 0 aromatic carbocycles. The molecule has 0 saturated carbocycles. The van der Waals surface area contributed by atoms with Gasteiger partial charge >= 0.3 is 0 Å². The maximum absolute atomic E-state index is 5.77. The molecule has 58 valence electrons. The van der Waals surface area contributed by atoms with Crippen molar-refractivity contribution in [3.63, 3.8) is 0 Å². The third-order valence-corrected chi connectivity index (χ3v) is 1.91. The van der Waals surface area contributed by atoms with Crippen LogP contribution in [0.3, 0.4) is 0 Å². The van der Waals surface area contributed by atoms with Gasteiger partial charge in [0.2, 0.25) is 0 Å². The second-order valence-corrected chi connectivity index (χ2v) is 2.75. The van der Waals surface area contributed by atoms with Crippen LogP contribution < -0.4 is 4.74 Å². The highest BCUT2D eigenvalue weighted by Crippen LogP contribution is 2.28. The summed E-state index contributed by atoms with van der Waals surface area (Å²) in [6.07, 6.45) is 3.42. The Balaban J connectivity index is 2.49. The van der Waals surface area contributed by atoms with E-state index in [2.05, 4.69) is 9.97 Å². The van der Waals surface area contributed by atoms with Gasteiger partial charge in [0.05, 0.1) is 12.3 Å². The minimum absolute atomic E-state index is 0.426. The lowest BCUT2D eigenvalue weighted by molar-refractivity contribution is 0.283. The molecule has 1 aliphatic rings. The first-order valence-electron chi connectivity index (χ1n) is 3.50. The Morgan fingerprint density at radius 2 is 2.36 bits per heavy atom. The quantitative estimate of drug-likeness (QED) is 0.553. The molecule has 0 N–H and O–H groups in total. The Bertz CT molecular complexity index is 277. The Morgan fingerprint density at radius 1 is 1.45 bits per heavy atom. The standard InChI is InChI=1S/C7H7ClN2O/c8-7-6-5(9-4-10-7)2-1-3-11-6/h4H,1-3H2. The number of hydrogen-bond acceptors (Lipinski definition) is 3. The first kappa shape index (κ1) is 6.85. The molecule has 0 aliphatic carbocycles. The lowest BCUT2D eigenvalue weighted by atomic mass is 10.2. The van der Waals surface area contributed by atoms with Crippen LogP contribution in [0.5, 0.6) is 5.75 Å². The second-order valence-electron chi connectivity index (χ2n) is 2.39. The Kier molecular flexibility index (Phi) is 1.66. The lowest BCUT2D eigenvalue weighted by Gasteiger charge is -2.15. The van der Waals surface area contributed by atoms with Crippen LogP contribution in [0.1, 0.15) is 12.1 Å². The zero-order valence-electron chi connectivity index (χ0n) is 5.88. The van der Waals surface area contributed by atoms with Gasteiger partial charge in [-0.3, -0.25) is 0 Å². The molecular weight excluding hydrogens is 164 g/mol. The van der Waals surface area contributed by atoms with E-state index in [1.807, 2.05) is 0 Å². The lowest BCUT2D eigenvalue weighted by Crippen LogP contribution is -2.10. The van der Waals surface area contributed by atoms with Crippen molar-refractivity contribution in [2.45, 2.75) is 12.8 Å². The van der Waals surface area contributed by atoms with E-state index in [1.165, 1.54) is 6.33 Å². The van der Waals surface area contributed by atoms with Gasteiger partial charge in [-0.15, -0.1) is 0 Å². The molecule has 0 radical (unpaired) electrons. The molecule has 2 heterocycles. The molecule has 0 spiro atoms. The van der Waals surface area contributed by atoms with Gasteiger partial charge in [-0.2, -0.15) is 0 Å². The first-order chi connectivity index (χ1) is 5.38. The third kappa shape index (κ3) is 1.16. The average Bonchev–Trinajstić information content (AvgIpc) is 2.06. The van der Waals surface area contributed by atoms with Gasteiger partial charge in [0, 0.05) is 0 Å². The number of ether oxygens (including phenoxy) is 1. The molecule has 0 fully saturated rings. The molecule has 11 heavy (non-hydrogen) atoms. The molecule has 3 nitrogen and oxygen atoms in total. The Labute approximate surface area is 69.4 Å². The zero-order chi connectivity index (χ0) is 7.68. The Hall–Kier alpha value is -0.830. The van der Waals surface area contributed by atoms with Gasteiger partial charge in [0.15, 0.2) is 10.9 Å². The smallest absolute Gasteiger partial charge is 0.178 e. The molecule has 0 atom stereocenters. The third-order valence-electron chi connectivity index (χ3n) is 1.64. The van der Waals surface area contributed by atoms with Gasteiger partial charge in [0.25, 0.3) is 0 Å². The molecule has 0 bridgehead atoms. The summed E-state index contributed by atoms with van der Waals surface area (Å²) in [7, 11) is 0. The van der Waals surface area contributed by atoms with E-state index in [-0.39, 0.29) is 0 Å². The largest absolute Gasteiger partial charge is 0.488 e. The fourth-order valence-electron chi connectivity index (χ4n) is 1.12. The van der Waals surface area contributed by atoms with Gasteiger partial charge in [-0.1, -0.05) is 11.6 Å². The average molecular weight is 171 g/mol. The van der Waals surface area contributed by atoms with Crippen LogP contribution in [-0.4, -0.2) is 16.6 Å². The zero-order valence-corrected chi connectivity index (χ0v) is 6.64. The molecule has 1 aromatic rings. The number of halogens is 1. The van der Waals surface area contributed by atoms with Crippen molar-refractivity contribution in [3.05, 3.63) is 17.2 Å². The van der Waals surface area contributed by atoms with E-state index in [1.54, 1.807) is 0 Å². The molecule has 0 amide bonds. The van der Waals surface area contributed by atoms with Crippen molar-refractivity contribution in [2.24, 2.45) is 0 Å². The molecule has 2 rings (SSSR count). The van der Waals surface area contributed by atoms with E-state index in [4.69, 9.17) is 16.3 Å². The number of nitrogens with zero attached hydrogens (tertiary/aromatic N) is 2. The number of aromatic nitrogens is 2. The molecule has 1 aliphatic heterocycles. The van der Waals surface area contributed by atoms with Crippen LogP contribution in [0.25, 0.3) is 0 Å². The molecule has 1 aromatic heterocycles. The van der Waals surface area contributed by atoms with Crippen LogP contribution in [0.15, 0.2) is 6.33 Å². The SMILES string of the molecule is Clc1ncnc2c1OCCC2. The van der Waals surface area contributed by atoms with Gasteiger partial charge in [-0.25, -0.2) is 9.97 Å². The number of hydrogen-bond donors (Lipinski definition) is 0. The highest BCUT2D eigenvalue weighted by Gasteiger charge is 2.14. The van der Waals surface area contributed by atoms with E-state index in [0.717, 1.165) is 25.1 Å². The summed E-state index contributed by atoms with van der Waals surface area (Å²) in [5.74, 6) is 0.667. The fourth-order valence-corrected chi connectivity index (χ4v) is 1.33. The van der Waals surface area contributed by atoms with Crippen LogP contribution in [0.2, 0.25) is 5.15 Å². The normalized spacial score (nSPS) is 15.4. The van der Waals surface area contributed by atoms with Crippen LogP contribution in [0, 0.1) is 0 Å². The molecule has 0 saturated heterocycles. The second kappa shape index (κ2) is 2.66. The van der Waals surface area contributed by atoms with E-state index >= 15 is 0 Å². The van der Waals surface area contributed by atoms with E-state index in [0.29, 0.717) is 10.9 Å². The van der Waals surface area contributed by atoms with Gasteiger partial charge < -0.3 is 4.74 Å². The van der Waals surface area contributed by atoms with Crippen molar-refractivity contribution < 1.29 is 4.74 Å². The molecule has 4 heteroatoms. The van der Waals surface area contributed by atoms with Gasteiger partial charge in [-0.05, 0) is 12.8 Å². The summed E-state index contributed by atoms with van der Waals surface area (Å²) in [4.78, 5) is 7.88. The monoisotopic (exact) mass is 170 g/mol. The predicted octanol–water partition coefficient (Wildman–Crippen LogP) is 1.45. The fraction of sp³-hybridized carbons (Fsp3) is 0.429. The van der Waals surface area contributed by atoms with Crippen molar-refractivity contribution in [2.75, 3.05) is 6.61 Å². The summed E-state index contributed by atoms with van der Waals surface area (Å²) in [5, 5.41) is 0.426. The summed E-state index contributed by atoms with van der Waals surface area (Å²) >= 11 is 5.77. The van der Waals surface area contributed by atoms with Crippen LogP contribution in [-0.2, 0) is 6.42 Å². The summed E-state index contributed by atoms with van der Waals surface area (Å²) in [6, 6.07) is 0. The minimum Gasteiger partial charge on any atom is -0.488 e. The molecular formula is C7H7ClN2O. The summed E-state index contributed by atoms with van der Waals surface area (Å²) in [5.41, 5.74) is 0.927. The number of aryl methyl sites for hydroxylation is 1. The maximum atomic E-state index is 5.77. The predicted molar refractivity (Wildman–Crippen MR) is 40.9 cm³/mol. The van der Waals surface area contributed by atoms with Crippen molar-refractivity contribution in [1.29, 1.82) is 0 Å². The number of rotatable bonds is 0. The maximum Gasteiger partial charge on any atom is 0.178 e. The van der Waals surface area contributed by atoms with Crippen molar-refractivity contribution in [1.82, 2.24) is 9.97 Å². The van der Waals surface area contributed by atoms with E-state index < -0.39 is 0 Å². The number of fused-ring (bicyclic) bond motifs is 1. The highest BCUT2D eigenvalue weighted by molar-refractivity contribution is 6.30. The highest BCUT2D eigenvalue weighted by atomic mass is 35.5. The van der Waals surface area contributed by atoms with E-state index in [9.17, 15) is 0 Å². The molecule has 0 unspecified atom stereocenters. The Morgan fingerprint density at radius 3 is 3.18 bits per heavy atom. The van der Waals surface area contributed by atoms with Crippen molar-refractivity contribution in [3.8, 4) is 5.75 Å².